The maximum absolute atomic E-state index is 13.5. The first kappa shape index (κ1) is 20.8. The van der Waals surface area contributed by atoms with Crippen LogP contribution in [0, 0.1) is 12.7 Å². The van der Waals surface area contributed by atoms with Gasteiger partial charge in [-0.3, -0.25) is 14.8 Å². The largest absolute Gasteiger partial charge is 0.315 e. The van der Waals surface area contributed by atoms with Crippen LogP contribution < -0.4 is 11.0 Å². The lowest BCUT2D eigenvalue weighted by Gasteiger charge is -2.25. The van der Waals surface area contributed by atoms with Crippen LogP contribution in [0.25, 0.3) is 11.1 Å². The van der Waals surface area contributed by atoms with Crippen LogP contribution in [0.5, 0.6) is 0 Å². The van der Waals surface area contributed by atoms with Crippen molar-refractivity contribution < 1.29 is 22.8 Å². The summed E-state index contributed by atoms with van der Waals surface area (Å²) in [7, 11) is -3.85. The molecule has 1 atom stereocenters. The molecule has 7 nitrogen and oxygen atoms in total. The van der Waals surface area contributed by atoms with Crippen molar-refractivity contribution in [2.45, 2.75) is 31.6 Å². The van der Waals surface area contributed by atoms with Gasteiger partial charge >= 0.3 is 0 Å². The lowest BCUT2D eigenvalue weighted by molar-refractivity contribution is -0.131. The van der Waals surface area contributed by atoms with Crippen molar-refractivity contribution in [1.29, 1.82) is 0 Å². The molecule has 9 heteroatoms. The third-order valence-corrected chi connectivity index (χ3v) is 6.76. The standard InChI is InChI=1S/C18H21FN2O5S/c1-12-4-5-14(19)11-15(12)13-6-8-21(16(22)10-13)9-7-18(2,17(23)20-24)27(3,25)26/h4-6,8,10-11,24H,7,9H2,1-3H3,(H,20,23). The molecule has 146 valence electrons. The smallest absolute Gasteiger partial charge is 0.264 e. The Kier molecular flexibility index (Phi) is 5.86. The number of benzene rings is 1. The topological polar surface area (TPSA) is 105 Å². The fourth-order valence-corrected chi connectivity index (χ4v) is 3.53. The van der Waals surface area contributed by atoms with Gasteiger partial charge in [0, 0.05) is 25.1 Å². The quantitative estimate of drug-likeness (QED) is 0.571. The highest BCUT2D eigenvalue weighted by molar-refractivity contribution is 7.92. The molecule has 0 aliphatic rings. The van der Waals surface area contributed by atoms with Crippen molar-refractivity contribution in [3.05, 3.63) is 58.3 Å². The maximum Gasteiger partial charge on any atom is 0.264 e. The molecule has 0 saturated carbocycles. The molecule has 0 spiro atoms. The Morgan fingerprint density at radius 3 is 2.52 bits per heavy atom. The van der Waals surface area contributed by atoms with Gasteiger partial charge in [-0.2, -0.15) is 0 Å². The summed E-state index contributed by atoms with van der Waals surface area (Å²) in [4.78, 5) is 24.2. The first-order valence-electron chi connectivity index (χ1n) is 8.11. The van der Waals surface area contributed by atoms with E-state index in [9.17, 15) is 22.4 Å². The average Bonchev–Trinajstić information content (AvgIpc) is 2.60. The second kappa shape index (κ2) is 7.61. The number of aryl methyl sites for hydroxylation is 2. The van der Waals surface area contributed by atoms with E-state index in [1.54, 1.807) is 19.1 Å². The number of aromatic nitrogens is 1. The summed E-state index contributed by atoms with van der Waals surface area (Å²) in [6, 6.07) is 7.22. The summed E-state index contributed by atoms with van der Waals surface area (Å²) in [6.45, 7) is 2.92. The van der Waals surface area contributed by atoms with Crippen LogP contribution in [0.3, 0.4) is 0 Å². The molecule has 0 radical (unpaired) electrons. The number of carbonyl (C=O) groups excluding carboxylic acids is 1. The van der Waals surface area contributed by atoms with Gasteiger partial charge in [0.2, 0.25) is 0 Å². The molecule has 1 unspecified atom stereocenters. The Bertz CT molecular complexity index is 1030. The summed E-state index contributed by atoms with van der Waals surface area (Å²) in [5, 5.41) is 8.83. The molecule has 1 heterocycles. The number of rotatable bonds is 6. The third kappa shape index (κ3) is 4.25. The van der Waals surface area contributed by atoms with Gasteiger partial charge in [0.1, 0.15) is 5.82 Å². The van der Waals surface area contributed by atoms with Crippen LogP contribution in [-0.2, 0) is 21.2 Å². The average molecular weight is 396 g/mol. The predicted octanol–water partition coefficient (Wildman–Crippen LogP) is 1.66. The fraction of sp³-hybridized carbons (Fsp3) is 0.333. The summed E-state index contributed by atoms with van der Waals surface area (Å²) in [5.41, 5.74) is 2.87. The zero-order chi connectivity index (χ0) is 20.4. The van der Waals surface area contributed by atoms with E-state index in [1.807, 2.05) is 0 Å². The zero-order valence-electron chi connectivity index (χ0n) is 15.2. The predicted molar refractivity (Wildman–Crippen MR) is 98.6 cm³/mol. The fourth-order valence-electron chi connectivity index (χ4n) is 2.68. The van der Waals surface area contributed by atoms with Crippen molar-refractivity contribution in [1.82, 2.24) is 10.0 Å². The normalized spacial score (nSPS) is 13.8. The number of hydroxylamine groups is 1. The van der Waals surface area contributed by atoms with Crippen LogP contribution in [-0.4, -0.2) is 35.1 Å². The molecule has 1 amide bonds. The molecule has 2 rings (SSSR count). The molecule has 2 aromatic rings. The van der Waals surface area contributed by atoms with E-state index in [0.717, 1.165) is 11.8 Å². The van der Waals surface area contributed by atoms with Gasteiger partial charge in [0.05, 0.1) is 0 Å². The van der Waals surface area contributed by atoms with Crippen LogP contribution in [0.2, 0.25) is 0 Å². The minimum Gasteiger partial charge on any atom is -0.315 e. The van der Waals surface area contributed by atoms with E-state index >= 15 is 0 Å². The van der Waals surface area contributed by atoms with Crippen LogP contribution in [0.4, 0.5) is 4.39 Å². The van der Waals surface area contributed by atoms with E-state index < -0.39 is 31.9 Å². The van der Waals surface area contributed by atoms with Crippen LogP contribution in [0.15, 0.2) is 41.3 Å². The van der Waals surface area contributed by atoms with E-state index in [4.69, 9.17) is 5.21 Å². The van der Waals surface area contributed by atoms with Crippen molar-refractivity contribution in [2.24, 2.45) is 0 Å². The molecule has 1 aromatic heterocycles. The summed E-state index contributed by atoms with van der Waals surface area (Å²) in [5.74, 6) is -1.48. The summed E-state index contributed by atoms with van der Waals surface area (Å²) in [6.07, 6.45) is 2.14. The van der Waals surface area contributed by atoms with Gasteiger partial charge in [-0.25, -0.2) is 18.3 Å². The highest BCUT2D eigenvalue weighted by atomic mass is 32.2. The SMILES string of the molecule is Cc1ccc(F)cc1-c1ccn(CCC(C)(C(=O)NO)S(C)(=O)=O)c(=O)c1. The van der Waals surface area contributed by atoms with Gasteiger partial charge in [-0.1, -0.05) is 6.07 Å². The first-order valence-corrected chi connectivity index (χ1v) is 10.00. The van der Waals surface area contributed by atoms with Crippen molar-refractivity contribution in [3.8, 4) is 11.1 Å². The van der Waals surface area contributed by atoms with Crippen molar-refractivity contribution in [3.63, 3.8) is 0 Å². The van der Waals surface area contributed by atoms with E-state index in [-0.39, 0.29) is 13.0 Å². The number of sulfone groups is 1. The van der Waals surface area contributed by atoms with E-state index in [1.165, 1.54) is 41.4 Å². The number of nitrogens with zero attached hydrogens (tertiary/aromatic N) is 1. The number of amides is 1. The monoisotopic (exact) mass is 396 g/mol. The van der Waals surface area contributed by atoms with Gasteiger partial charge in [-0.05, 0) is 55.2 Å². The molecule has 0 aliphatic heterocycles. The number of hydrogen-bond acceptors (Lipinski definition) is 5. The van der Waals surface area contributed by atoms with Gasteiger partial charge < -0.3 is 4.57 Å². The Morgan fingerprint density at radius 2 is 1.96 bits per heavy atom. The minimum absolute atomic E-state index is 0.0573. The van der Waals surface area contributed by atoms with Gasteiger partial charge in [-0.15, -0.1) is 0 Å². The van der Waals surface area contributed by atoms with E-state index in [0.29, 0.717) is 11.1 Å². The number of pyridine rings is 1. The second-order valence-electron chi connectivity index (χ2n) is 6.60. The molecule has 27 heavy (non-hydrogen) atoms. The lowest BCUT2D eigenvalue weighted by Crippen LogP contribution is -2.49. The maximum atomic E-state index is 13.5. The Morgan fingerprint density at radius 1 is 1.30 bits per heavy atom. The molecule has 0 aliphatic carbocycles. The van der Waals surface area contributed by atoms with Crippen molar-refractivity contribution in [2.75, 3.05) is 6.26 Å². The molecular formula is C18H21FN2O5S. The Hall–Kier alpha value is -2.52. The van der Waals surface area contributed by atoms with Gasteiger partial charge in [0.15, 0.2) is 14.6 Å². The molecule has 0 saturated heterocycles. The number of halogens is 1. The minimum atomic E-state index is -3.85. The number of nitrogens with one attached hydrogen (secondary N) is 1. The van der Waals surface area contributed by atoms with Crippen LogP contribution >= 0.6 is 0 Å². The Balaban J connectivity index is 2.33. The zero-order valence-corrected chi connectivity index (χ0v) is 16.0. The Labute approximate surface area is 156 Å². The van der Waals surface area contributed by atoms with Crippen LogP contribution in [0.1, 0.15) is 18.9 Å². The third-order valence-electron chi connectivity index (χ3n) is 4.74. The molecule has 0 fully saturated rings. The summed E-state index contributed by atoms with van der Waals surface area (Å²) < 4.78 is 36.8. The highest BCUT2D eigenvalue weighted by Crippen LogP contribution is 2.24. The number of carbonyl (C=O) groups is 1. The number of hydrogen-bond donors (Lipinski definition) is 2. The first-order chi connectivity index (χ1) is 12.5. The highest BCUT2D eigenvalue weighted by Gasteiger charge is 2.43. The molecule has 2 N–H and O–H groups in total. The molecule has 1 aromatic carbocycles. The molecule has 0 bridgehead atoms. The van der Waals surface area contributed by atoms with Gasteiger partial charge in [0.25, 0.3) is 11.5 Å². The van der Waals surface area contributed by atoms with E-state index in [2.05, 4.69) is 0 Å². The van der Waals surface area contributed by atoms with Crippen molar-refractivity contribution >= 4 is 15.7 Å². The second-order valence-corrected chi connectivity index (χ2v) is 9.05. The lowest BCUT2D eigenvalue weighted by atomic mass is 10.0. The molecular weight excluding hydrogens is 375 g/mol. The summed E-state index contributed by atoms with van der Waals surface area (Å²) >= 11 is 0.